The minimum absolute atomic E-state index is 0.351. The zero-order valence-corrected chi connectivity index (χ0v) is 11.1. The largest absolute Gasteiger partial charge is 0.368 e. The number of carbonyl (C=O) groups is 1. The predicted molar refractivity (Wildman–Crippen MR) is 70.6 cm³/mol. The number of nitrogens with one attached hydrogen (secondary N) is 1. The molecule has 1 unspecified atom stereocenters. The van der Waals surface area contributed by atoms with Gasteiger partial charge in [-0.1, -0.05) is 13.0 Å². The first-order chi connectivity index (χ1) is 8.42. The van der Waals surface area contributed by atoms with Gasteiger partial charge in [-0.3, -0.25) is 10.1 Å². The van der Waals surface area contributed by atoms with Gasteiger partial charge >= 0.3 is 0 Å². The molecule has 0 aliphatic heterocycles. The van der Waals surface area contributed by atoms with E-state index in [0.717, 1.165) is 11.1 Å². The van der Waals surface area contributed by atoms with Crippen LogP contribution in [0.2, 0.25) is 0 Å². The van der Waals surface area contributed by atoms with Crippen molar-refractivity contribution >= 4 is 5.91 Å². The fraction of sp³-hybridized carbons (Fsp3) is 0.429. The molecule has 3 N–H and O–H groups in total. The van der Waals surface area contributed by atoms with Crippen molar-refractivity contribution < 1.29 is 4.79 Å². The second-order valence-corrected chi connectivity index (χ2v) is 4.66. The number of rotatable bonds is 5. The first-order valence-electron chi connectivity index (χ1n) is 5.97. The normalized spacial score (nSPS) is 13.7. The lowest BCUT2D eigenvalue weighted by atomic mass is 9.97. The van der Waals surface area contributed by atoms with Crippen LogP contribution in [0.15, 0.2) is 18.2 Å². The second-order valence-electron chi connectivity index (χ2n) is 4.66. The lowest BCUT2D eigenvalue weighted by Gasteiger charge is -2.26. The van der Waals surface area contributed by atoms with Crippen LogP contribution in [-0.4, -0.2) is 11.4 Å². The molecule has 4 heteroatoms. The van der Waals surface area contributed by atoms with E-state index in [4.69, 9.17) is 11.0 Å². The molecule has 0 bridgehead atoms. The zero-order chi connectivity index (χ0) is 13.8. The summed E-state index contributed by atoms with van der Waals surface area (Å²) in [5.41, 5.74) is 7.43. The summed E-state index contributed by atoms with van der Waals surface area (Å²) in [6, 6.07) is 7.62. The van der Waals surface area contributed by atoms with E-state index in [-0.39, 0.29) is 5.91 Å². The molecule has 1 aromatic carbocycles. The van der Waals surface area contributed by atoms with Crippen molar-refractivity contribution in [3.8, 4) is 6.07 Å². The summed E-state index contributed by atoms with van der Waals surface area (Å²) < 4.78 is 0. The van der Waals surface area contributed by atoms with E-state index in [1.807, 2.05) is 26.0 Å². The summed E-state index contributed by atoms with van der Waals surface area (Å²) in [4.78, 5) is 11.4. The Bertz CT molecular complexity index is 490. The van der Waals surface area contributed by atoms with Crippen LogP contribution in [0.4, 0.5) is 0 Å². The summed E-state index contributed by atoms with van der Waals surface area (Å²) in [6.07, 6.45) is 0.637. The molecule has 18 heavy (non-hydrogen) atoms. The Balaban J connectivity index is 2.81. The first-order valence-corrected chi connectivity index (χ1v) is 5.97. The summed E-state index contributed by atoms with van der Waals surface area (Å²) in [5, 5.41) is 12.0. The maximum absolute atomic E-state index is 11.4. The first kappa shape index (κ1) is 14.2. The van der Waals surface area contributed by atoms with Crippen molar-refractivity contribution in [1.82, 2.24) is 5.32 Å². The average Bonchev–Trinajstić information content (AvgIpc) is 2.36. The van der Waals surface area contributed by atoms with E-state index < -0.39 is 5.54 Å². The number of benzene rings is 1. The molecule has 0 saturated carbocycles. The molecular weight excluding hydrogens is 226 g/mol. The lowest BCUT2D eigenvalue weighted by Crippen LogP contribution is -2.52. The van der Waals surface area contributed by atoms with Crippen LogP contribution >= 0.6 is 0 Å². The van der Waals surface area contributed by atoms with E-state index >= 15 is 0 Å². The highest BCUT2D eigenvalue weighted by Gasteiger charge is 2.27. The number of hydrogen-bond acceptors (Lipinski definition) is 3. The van der Waals surface area contributed by atoms with E-state index in [0.29, 0.717) is 18.5 Å². The smallest absolute Gasteiger partial charge is 0.237 e. The van der Waals surface area contributed by atoms with Crippen molar-refractivity contribution in [3.63, 3.8) is 0 Å². The number of aryl methyl sites for hydroxylation is 1. The molecule has 0 aromatic heterocycles. The minimum atomic E-state index is -0.694. The third-order valence-corrected chi connectivity index (χ3v) is 3.39. The topological polar surface area (TPSA) is 78.9 Å². The van der Waals surface area contributed by atoms with Gasteiger partial charge in [0.25, 0.3) is 0 Å². The van der Waals surface area contributed by atoms with E-state index in [9.17, 15) is 4.79 Å². The van der Waals surface area contributed by atoms with Crippen LogP contribution in [0.5, 0.6) is 0 Å². The maximum atomic E-state index is 11.4. The molecule has 1 aromatic rings. The van der Waals surface area contributed by atoms with Gasteiger partial charge in [0, 0.05) is 6.54 Å². The number of nitrogens with zero attached hydrogens (tertiary/aromatic N) is 1. The van der Waals surface area contributed by atoms with Gasteiger partial charge in [0.1, 0.15) is 0 Å². The Morgan fingerprint density at radius 2 is 2.22 bits per heavy atom. The molecule has 0 fully saturated rings. The van der Waals surface area contributed by atoms with Crippen LogP contribution in [0, 0.1) is 18.3 Å². The molecule has 96 valence electrons. The molecule has 1 atom stereocenters. The Kier molecular flexibility index (Phi) is 4.46. The Hall–Kier alpha value is -1.86. The average molecular weight is 245 g/mol. The fourth-order valence-electron chi connectivity index (χ4n) is 1.64. The van der Waals surface area contributed by atoms with Gasteiger partial charge in [-0.25, -0.2) is 0 Å². The van der Waals surface area contributed by atoms with Crippen molar-refractivity contribution in [1.29, 1.82) is 5.26 Å². The standard InChI is InChI=1S/C14H19N3O/c1-4-14(3,13(16)18)17-9-12-6-5-11(8-15)7-10(12)2/h5-7,17H,4,9H2,1-3H3,(H2,16,18). The Morgan fingerprint density at radius 3 is 2.67 bits per heavy atom. The molecule has 0 saturated heterocycles. The summed E-state index contributed by atoms with van der Waals surface area (Å²) >= 11 is 0. The van der Waals surface area contributed by atoms with E-state index in [2.05, 4.69) is 11.4 Å². The quantitative estimate of drug-likeness (QED) is 0.827. The molecule has 0 radical (unpaired) electrons. The Morgan fingerprint density at radius 1 is 1.56 bits per heavy atom. The van der Waals surface area contributed by atoms with Gasteiger partial charge in [-0.15, -0.1) is 0 Å². The summed E-state index contributed by atoms with van der Waals surface area (Å²) in [7, 11) is 0. The van der Waals surface area contributed by atoms with Crippen LogP contribution in [0.3, 0.4) is 0 Å². The van der Waals surface area contributed by atoms with Gasteiger partial charge in [0.2, 0.25) is 5.91 Å². The van der Waals surface area contributed by atoms with Gasteiger partial charge in [-0.2, -0.15) is 5.26 Å². The predicted octanol–water partition coefficient (Wildman–Crippen LogP) is 1.61. The highest BCUT2D eigenvalue weighted by molar-refractivity contribution is 5.84. The number of carbonyl (C=O) groups excluding carboxylic acids is 1. The number of amides is 1. The number of primary amides is 1. The van der Waals surface area contributed by atoms with Gasteiger partial charge < -0.3 is 5.73 Å². The zero-order valence-electron chi connectivity index (χ0n) is 11.1. The van der Waals surface area contributed by atoms with Gasteiger partial charge in [-0.05, 0) is 43.5 Å². The summed E-state index contributed by atoms with van der Waals surface area (Å²) in [5.74, 6) is -0.351. The van der Waals surface area contributed by atoms with Crippen LogP contribution in [-0.2, 0) is 11.3 Å². The van der Waals surface area contributed by atoms with Gasteiger partial charge in [0.15, 0.2) is 0 Å². The lowest BCUT2D eigenvalue weighted by molar-refractivity contribution is -0.124. The fourth-order valence-corrected chi connectivity index (χ4v) is 1.64. The van der Waals surface area contributed by atoms with Crippen molar-refractivity contribution in [2.24, 2.45) is 5.73 Å². The molecule has 0 spiro atoms. The SMILES string of the molecule is CCC(C)(NCc1ccc(C#N)cc1C)C(N)=O. The molecular formula is C14H19N3O. The second kappa shape index (κ2) is 5.65. The highest BCUT2D eigenvalue weighted by Crippen LogP contribution is 2.14. The van der Waals surface area contributed by atoms with Crippen molar-refractivity contribution in [2.45, 2.75) is 39.3 Å². The monoisotopic (exact) mass is 245 g/mol. The van der Waals surface area contributed by atoms with Crippen molar-refractivity contribution in [2.75, 3.05) is 0 Å². The van der Waals surface area contributed by atoms with E-state index in [1.54, 1.807) is 13.0 Å². The van der Waals surface area contributed by atoms with Crippen LogP contribution in [0.25, 0.3) is 0 Å². The molecule has 0 aliphatic carbocycles. The third-order valence-electron chi connectivity index (χ3n) is 3.39. The number of hydrogen-bond donors (Lipinski definition) is 2. The number of nitrogens with two attached hydrogens (primary N) is 1. The molecule has 1 rings (SSSR count). The summed E-state index contributed by atoms with van der Waals surface area (Å²) in [6.45, 7) is 6.23. The third kappa shape index (κ3) is 3.08. The molecule has 0 heterocycles. The molecule has 4 nitrogen and oxygen atoms in total. The Labute approximate surface area is 108 Å². The molecule has 0 aliphatic rings. The van der Waals surface area contributed by atoms with Crippen LogP contribution < -0.4 is 11.1 Å². The van der Waals surface area contributed by atoms with Crippen molar-refractivity contribution in [3.05, 3.63) is 34.9 Å². The van der Waals surface area contributed by atoms with E-state index in [1.165, 1.54) is 0 Å². The maximum Gasteiger partial charge on any atom is 0.237 e. The number of nitriles is 1. The van der Waals surface area contributed by atoms with Gasteiger partial charge in [0.05, 0.1) is 17.2 Å². The molecule has 1 amide bonds. The minimum Gasteiger partial charge on any atom is -0.368 e. The van der Waals surface area contributed by atoms with Crippen LogP contribution in [0.1, 0.15) is 37.0 Å². The highest BCUT2D eigenvalue weighted by atomic mass is 16.1.